The molecule has 136 valence electrons. The molecule has 2 heterocycles. The number of aromatic amines is 1. The van der Waals surface area contributed by atoms with Crippen molar-refractivity contribution >= 4 is 39.2 Å². The molecular formula is C18H18FN3O2S2. The number of aryl methyl sites for hydroxylation is 2. The smallest absolute Gasteiger partial charge is 0.259 e. The van der Waals surface area contributed by atoms with Crippen LogP contribution < -0.4 is 10.9 Å². The minimum Gasteiger partial charge on any atom is -0.351 e. The van der Waals surface area contributed by atoms with Gasteiger partial charge in [0.25, 0.3) is 5.56 Å². The van der Waals surface area contributed by atoms with E-state index in [1.807, 2.05) is 13.8 Å². The highest BCUT2D eigenvalue weighted by atomic mass is 32.2. The van der Waals surface area contributed by atoms with Gasteiger partial charge in [0.1, 0.15) is 16.5 Å². The number of benzene rings is 1. The van der Waals surface area contributed by atoms with Crippen LogP contribution in [-0.4, -0.2) is 21.6 Å². The first-order valence-electron chi connectivity index (χ1n) is 8.02. The molecule has 1 amide bonds. The molecule has 8 heteroatoms. The Bertz CT molecular complexity index is 1010. The molecule has 0 unspecified atom stereocenters. The Kier molecular flexibility index (Phi) is 5.73. The Balaban J connectivity index is 1.55. The topological polar surface area (TPSA) is 74.8 Å². The first-order chi connectivity index (χ1) is 12.5. The fraction of sp³-hybridized carbons (Fsp3) is 0.278. The number of rotatable bonds is 6. The summed E-state index contributed by atoms with van der Waals surface area (Å²) < 4.78 is 13.5. The zero-order chi connectivity index (χ0) is 18.7. The average molecular weight is 391 g/mol. The second-order valence-corrected chi connectivity index (χ2v) is 8.03. The van der Waals surface area contributed by atoms with Gasteiger partial charge in [-0.25, -0.2) is 9.37 Å². The van der Waals surface area contributed by atoms with E-state index in [4.69, 9.17) is 0 Å². The maximum absolute atomic E-state index is 13.5. The van der Waals surface area contributed by atoms with Crippen LogP contribution in [0.2, 0.25) is 0 Å². The highest BCUT2D eigenvalue weighted by Crippen LogP contribution is 2.26. The molecule has 0 aliphatic carbocycles. The molecule has 0 saturated heterocycles. The normalized spacial score (nSPS) is 11.0. The zero-order valence-corrected chi connectivity index (χ0v) is 16.0. The van der Waals surface area contributed by atoms with Crippen molar-refractivity contribution in [3.8, 4) is 0 Å². The van der Waals surface area contributed by atoms with E-state index in [0.29, 0.717) is 22.5 Å². The van der Waals surface area contributed by atoms with Crippen molar-refractivity contribution < 1.29 is 9.18 Å². The predicted molar refractivity (Wildman–Crippen MR) is 104 cm³/mol. The molecule has 2 aromatic heterocycles. The first kappa shape index (κ1) is 18.6. The Morgan fingerprint density at radius 3 is 2.88 bits per heavy atom. The lowest BCUT2D eigenvalue weighted by Crippen LogP contribution is -2.25. The predicted octanol–water partition coefficient (Wildman–Crippen LogP) is 3.29. The highest BCUT2D eigenvalue weighted by molar-refractivity contribution is 7.99. The third-order valence-electron chi connectivity index (χ3n) is 3.99. The highest BCUT2D eigenvalue weighted by Gasteiger charge is 2.12. The van der Waals surface area contributed by atoms with Gasteiger partial charge in [0, 0.05) is 17.0 Å². The number of fused-ring (bicyclic) bond motifs is 1. The average Bonchev–Trinajstić information content (AvgIpc) is 2.89. The van der Waals surface area contributed by atoms with E-state index in [1.54, 1.807) is 18.2 Å². The third kappa shape index (κ3) is 4.13. The van der Waals surface area contributed by atoms with Gasteiger partial charge < -0.3 is 10.3 Å². The van der Waals surface area contributed by atoms with Crippen LogP contribution in [-0.2, 0) is 17.1 Å². The molecule has 0 atom stereocenters. The molecule has 0 aliphatic heterocycles. The molecule has 5 nitrogen and oxygen atoms in total. The van der Waals surface area contributed by atoms with Gasteiger partial charge in [-0.2, -0.15) is 0 Å². The Labute approximate surface area is 158 Å². The molecule has 26 heavy (non-hydrogen) atoms. The molecular weight excluding hydrogens is 373 g/mol. The maximum atomic E-state index is 13.5. The largest absolute Gasteiger partial charge is 0.351 e. The Morgan fingerprint density at radius 2 is 2.12 bits per heavy atom. The van der Waals surface area contributed by atoms with Crippen LogP contribution in [0.25, 0.3) is 10.2 Å². The number of carbonyl (C=O) groups is 1. The monoisotopic (exact) mass is 391 g/mol. The zero-order valence-electron chi connectivity index (χ0n) is 14.4. The van der Waals surface area contributed by atoms with Gasteiger partial charge in [0.05, 0.1) is 16.9 Å². The van der Waals surface area contributed by atoms with Gasteiger partial charge in [-0.15, -0.1) is 23.1 Å². The van der Waals surface area contributed by atoms with E-state index in [2.05, 4.69) is 15.3 Å². The molecule has 3 rings (SSSR count). The summed E-state index contributed by atoms with van der Waals surface area (Å²) in [6, 6.07) is 6.34. The van der Waals surface area contributed by atoms with Crippen LogP contribution in [0.15, 0.2) is 29.1 Å². The minimum atomic E-state index is -0.336. The van der Waals surface area contributed by atoms with Crippen molar-refractivity contribution in [1.82, 2.24) is 15.3 Å². The summed E-state index contributed by atoms with van der Waals surface area (Å²) in [6.45, 7) is 4.04. The van der Waals surface area contributed by atoms with Gasteiger partial charge in [-0.3, -0.25) is 9.59 Å². The molecule has 2 N–H and O–H groups in total. The third-order valence-corrected chi connectivity index (χ3v) is 6.04. The number of thioether (sulfide) groups is 1. The van der Waals surface area contributed by atoms with Crippen molar-refractivity contribution in [3.63, 3.8) is 0 Å². The quantitative estimate of drug-likeness (QED) is 0.676. The van der Waals surface area contributed by atoms with E-state index < -0.39 is 0 Å². The standard InChI is InChI=1S/C18H18FN3O2S2/c1-10-11(2)26-18-16(10)17(24)21-14(22-18)8-25-9-15(23)20-7-12-5-3-4-6-13(12)19/h3-6H,7-9H2,1-2H3,(H,20,23)(H,21,22,24). The van der Waals surface area contributed by atoms with E-state index in [-0.39, 0.29) is 29.6 Å². The van der Waals surface area contributed by atoms with Gasteiger partial charge in [0.2, 0.25) is 5.91 Å². The lowest BCUT2D eigenvalue weighted by molar-refractivity contribution is -0.118. The summed E-state index contributed by atoms with van der Waals surface area (Å²) in [6.07, 6.45) is 0. The van der Waals surface area contributed by atoms with Crippen molar-refractivity contribution in [2.75, 3.05) is 5.75 Å². The first-order valence-corrected chi connectivity index (χ1v) is 9.99. The summed E-state index contributed by atoms with van der Waals surface area (Å²) in [5.74, 6) is 0.657. The lowest BCUT2D eigenvalue weighted by atomic mass is 10.2. The van der Waals surface area contributed by atoms with Crippen LogP contribution >= 0.6 is 23.1 Å². The van der Waals surface area contributed by atoms with Crippen molar-refractivity contribution in [1.29, 1.82) is 0 Å². The van der Waals surface area contributed by atoms with Crippen LogP contribution in [0, 0.1) is 19.7 Å². The molecule has 0 saturated carbocycles. The maximum Gasteiger partial charge on any atom is 0.259 e. The SMILES string of the molecule is Cc1sc2nc(CSCC(=O)NCc3ccccc3F)[nH]c(=O)c2c1C. The van der Waals surface area contributed by atoms with Crippen LogP contribution in [0.1, 0.15) is 21.8 Å². The van der Waals surface area contributed by atoms with Crippen LogP contribution in [0.3, 0.4) is 0 Å². The number of thiophene rings is 1. The summed E-state index contributed by atoms with van der Waals surface area (Å²) in [5, 5.41) is 3.33. The number of aromatic nitrogens is 2. The van der Waals surface area contributed by atoms with Gasteiger partial charge in [0.15, 0.2) is 0 Å². The van der Waals surface area contributed by atoms with Crippen LogP contribution in [0.4, 0.5) is 4.39 Å². The number of hydrogen-bond acceptors (Lipinski definition) is 5. The van der Waals surface area contributed by atoms with Crippen LogP contribution in [0.5, 0.6) is 0 Å². The molecule has 3 aromatic rings. The van der Waals surface area contributed by atoms with Crippen molar-refractivity contribution in [2.24, 2.45) is 0 Å². The number of nitrogens with one attached hydrogen (secondary N) is 2. The van der Waals surface area contributed by atoms with Crippen molar-refractivity contribution in [3.05, 3.63) is 62.3 Å². The fourth-order valence-corrected chi connectivity index (χ4v) is 4.26. The summed E-state index contributed by atoms with van der Waals surface area (Å²) in [4.78, 5) is 33.2. The number of nitrogens with zero attached hydrogens (tertiary/aromatic N) is 1. The summed E-state index contributed by atoms with van der Waals surface area (Å²) in [7, 11) is 0. The number of H-pyrrole nitrogens is 1. The van der Waals surface area contributed by atoms with E-state index in [1.165, 1.54) is 29.2 Å². The number of amides is 1. The number of hydrogen-bond donors (Lipinski definition) is 2. The number of halogens is 1. The molecule has 0 spiro atoms. The molecule has 0 fully saturated rings. The molecule has 0 bridgehead atoms. The van der Waals surface area contributed by atoms with E-state index >= 15 is 0 Å². The molecule has 1 aromatic carbocycles. The lowest BCUT2D eigenvalue weighted by Gasteiger charge is -2.06. The van der Waals surface area contributed by atoms with E-state index in [0.717, 1.165) is 15.3 Å². The summed E-state index contributed by atoms with van der Waals surface area (Å²) in [5.41, 5.74) is 1.27. The van der Waals surface area contributed by atoms with Gasteiger partial charge in [-0.1, -0.05) is 18.2 Å². The Morgan fingerprint density at radius 1 is 1.35 bits per heavy atom. The van der Waals surface area contributed by atoms with Gasteiger partial charge in [-0.05, 0) is 25.5 Å². The summed E-state index contributed by atoms with van der Waals surface area (Å²) >= 11 is 2.85. The second-order valence-electron chi connectivity index (χ2n) is 5.84. The number of carbonyl (C=O) groups excluding carboxylic acids is 1. The molecule has 0 aliphatic rings. The Hall–Kier alpha value is -2.19. The van der Waals surface area contributed by atoms with E-state index in [9.17, 15) is 14.0 Å². The second kappa shape index (κ2) is 8.01. The minimum absolute atomic E-state index is 0.142. The fourth-order valence-electron chi connectivity index (χ4n) is 2.49. The van der Waals surface area contributed by atoms with Crippen molar-refractivity contribution in [2.45, 2.75) is 26.1 Å². The molecule has 0 radical (unpaired) electrons. The van der Waals surface area contributed by atoms with Gasteiger partial charge >= 0.3 is 0 Å².